The van der Waals surface area contributed by atoms with E-state index in [1.807, 2.05) is 12.3 Å². The molecule has 0 amide bonds. The molecule has 1 aliphatic rings. The third-order valence-corrected chi connectivity index (χ3v) is 2.72. The van der Waals surface area contributed by atoms with Crippen LogP contribution in [-0.2, 0) is 6.54 Å². The van der Waals surface area contributed by atoms with Crippen LogP contribution in [0.2, 0.25) is 0 Å². The molecule has 76 valence electrons. The Kier molecular flexibility index (Phi) is 2.74. The topological polar surface area (TPSA) is 55.0 Å². The second kappa shape index (κ2) is 4.02. The summed E-state index contributed by atoms with van der Waals surface area (Å²) in [5.41, 5.74) is 6.65. The van der Waals surface area contributed by atoms with Crippen LogP contribution in [0.3, 0.4) is 0 Å². The molecule has 14 heavy (non-hydrogen) atoms. The minimum absolute atomic E-state index is 0.427. The van der Waals surface area contributed by atoms with Gasteiger partial charge in [-0.25, -0.2) is 9.97 Å². The zero-order valence-corrected chi connectivity index (χ0v) is 8.48. The maximum absolute atomic E-state index is 5.51. The maximum Gasteiger partial charge on any atom is 0.142 e. The second-order valence-electron chi connectivity index (χ2n) is 3.85. The summed E-state index contributed by atoms with van der Waals surface area (Å²) in [5, 5.41) is 0. The fourth-order valence-electron chi connectivity index (χ4n) is 1.92. The standard InChI is InChI=1S/C10H16N4/c1-14-5-3-8(7-14)9-2-4-12-10(6-11)13-9/h2,4,8H,3,5-7,11H2,1H3. The SMILES string of the molecule is CN1CCC(c2ccnc(CN)n2)C1. The van der Waals surface area contributed by atoms with Crippen LogP contribution in [-0.4, -0.2) is 35.0 Å². The van der Waals surface area contributed by atoms with E-state index < -0.39 is 0 Å². The fourth-order valence-corrected chi connectivity index (χ4v) is 1.92. The van der Waals surface area contributed by atoms with Gasteiger partial charge in [0, 0.05) is 24.4 Å². The molecule has 1 aromatic heterocycles. The lowest BCUT2D eigenvalue weighted by atomic mass is 10.1. The van der Waals surface area contributed by atoms with E-state index in [1.165, 1.54) is 6.42 Å². The predicted molar refractivity (Wildman–Crippen MR) is 54.8 cm³/mol. The number of likely N-dealkylation sites (tertiary alicyclic amines) is 1. The fraction of sp³-hybridized carbons (Fsp3) is 0.600. The lowest BCUT2D eigenvalue weighted by molar-refractivity contribution is 0.410. The molecule has 1 aromatic rings. The van der Waals surface area contributed by atoms with Gasteiger partial charge >= 0.3 is 0 Å². The molecule has 0 saturated carbocycles. The highest BCUT2D eigenvalue weighted by Crippen LogP contribution is 2.24. The molecule has 2 N–H and O–H groups in total. The highest BCUT2D eigenvalue weighted by atomic mass is 15.1. The Labute approximate surface area is 84.2 Å². The third-order valence-electron chi connectivity index (χ3n) is 2.72. The summed E-state index contributed by atoms with van der Waals surface area (Å²) in [6.45, 7) is 2.68. The van der Waals surface area contributed by atoms with Gasteiger partial charge < -0.3 is 10.6 Å². The van der Waals surface area contributed by atoms with Crippen LogP contribution in [0, 0.1) is 0 Å². The van der Waals surface area contributed by atoms with E-state index in [0.717, 1.165) is 24.6 Å². The molecule has 1 saturated heterocycles. The highest BCUT2D eigenvalue weighted by Gasteiger charge is 2.22. The van der Waals surface area contributed by atoms with Gasteiger partial charge in [0.25, 0.3) is 0 Å². The Morgan fingerprint density at radius 1 is 1.64 bits per heavy atom. The number of likely N-dealkylation sites (N-methyl/N-ethyl adjacent to an activating group) is 1. The molecule has 2 heterocycles. The number of hydrogen-bond acceptors (Lipinski definition) is 4. The number of hydrogen-bond donors (Lipinski definition) is 1. The Morgan fingerprint density at radius 3 is 3.14 bits per heavy atom. The number of nitrogens with two attached hydrogens (primary N) is 1. The Bertz CT molecular complexity index is 313. The van der Waals surface area contributed by atoms with Crippen molar-refractivity contribution in [1.29, 1.82) is 0 Å². The van der Waals surface area contributed by atoms with Crippen molar-refractivity contribution < 1.29 is 0 Å². The van der Waals surface area contributed by atoms with Crippen LogP contribution in [0.4, 0.5) is 0 Å². The molecule has 1 atom stereocenters. The van der Waals surface area contributed by atoms with E-state index in [-0.39, 0.29) is 0 Å². The molecule has 0 spiro atoms. The number of nitrogens with zero attached hydrogens (tertiary/aromatic N) is 3. The van der Waals surface area contributed by atoms with E-state index in [1.54, 1.807) is 0 Å². The predicted octanol–water partition coefficient (Wildman–Crippen LogP) is 0.354. The molecule has 1 fully saturated rings. The molecule has 0 aromatic carbocycles. The molecule has 0 bridgehead atoms. The van der Waals surface area contributed by atoms with Gasteiger partial charge in [-0.05, 0) is 26.1 Å². The van der Waals surface area contributed by atoms with Crippen molar-refractivity contribution in [3.8, 4) is 0 Å². The van der Waals surface area contributed by atoms with Crippen molar-refractivity contribution in [1.82, 2.24) is 14.9 Å². The van der Waals surface area contributed by atoms with Gasteiger partial charge in [-0.3, -0.25) is 0 Å². The molecule has 1 aliphatic heterocycles. The summed E-state index contributed by atoms with van der Waals surface area (Å²) in [5.74, 6) is 1.31. The van der Waals surface area contributed by atoms with Crippen LogP contribution < -0.4 is 5.73 Å². The zero-order valence-electron chi connectivity index (χ0n) is 8.48. The number of aromatic nitrogens is 2. The van der Waals surface area contributed by atoms with Gasteiger partial charge in [0.05, 0.1) is 6.54 Å². The van der Waals surface area contributed by atoms with Crippen LogP contribution >= 0.6 is 0 Å². The molecule has 4 nitrogen and oxygen atoms in total. The summed E-state index contributed by atoms with van der Waals surface area (Å²) in [6.07, 6.45) is 3.00. The highest BCUT2D eigenvalue weighted by molar-refractivity contribution is 5.11. The molecular formula is C10H16N4. The van der Waals surface area contributed by atoms with Gasteiger partial charge in [0.1, 0.15) is 5.82 Å². The monoisotopic (exact) mass is 192 g/mol. The van der Waals surface area contributed by atoms with Crippen molar-refractivity contribution in [3.05, 3.63) is 23.8 Å². The molecule has 1 unspecified atom stereocenters. The smallest absolute Gasteiger partial charge is 0.142 e. The molecule has 4 heteroatoms. The van der Waals surface area contributed by atoms with Crippen LogP contribution in [0.1, 0.15) is 23.9 Å². The molecule has 0 radical (unpaired) electrons. The van der Waals surface area contributed by atoms with E-state index >= 15 is 0 Å². The van der Waals surface area contributed by atoms with Crippen molar-refractivity contribution in [2.24, 2.45) is 5.73 Å². The van der Waals surface area contributed by atoms with E-state index in [0.29, 0.717) is 12.5 Å². The first-order valence-corrected chi connectivity index (χ1v) is 5.00. The first-order valence-electron chi connectivity index (χ1n) is 5.00. The van der Waals surface area contributed by atoms with Crippen LogP contribution in [0.25, 0.3) is 0 Å². The Balaban J connectivity index is 2.15. The molecular weight excluding hydrogens is 176 g/mol. The third kappa shape index (κ3) is 1.91. The first-order chi connectivity index (χ1) is 6.79. The van der Waals surface area contributed by atoms with Gasteiger partial charge in [0.2, 0.25) is 0 Å². The maximum atomic E-state index is 5.51. The molecule has 0 aliphatic carbocycles. The second-order valence-corrected chi connectivity index (χ2v) is 3.85. The largest absolute Gasteiger partial charge is 0.324 e. The van der Waals surface area contributed by atoms with E-state index in [4.69, 9.17) is 5.73 Å². The van der Waals surface area contributed by atoms with E-state index in [9.17, 15) is 0 Å². The van der Waals surface area contributed by atoms with Crippen LogP contribution in [0.5, 0.6) is 0 Å². The average molecular weight is 192 g/mol. The van der Waals surface area contributed by atoms with E-state index in [2.05, 4.69) is 21.9 Å². The minimum Gasteiger partial charge on any atom is -0.324 e. The summed E-state index contributed by atoms with van der Waals surface area (Å²) in [6, 6.07) is 2.00. The first kappa shape index (κ1) is 9.55. The quantitative estimate of drug-likeness (QED) is 0.735. The lowest BCUT2D eigenvalue weighted by Gasteiger charge is -2.10. The van der Waals surface area contributed by atoms with Crippen molar-refractivity contribution >= 4 is 0 Å². The van der Waals surface area contributed by atoms with Gasteiger partial charge in [-0.15, -0.1) is 0 Å². The summed E-state index contributed by atoms with van der Waals surface area (Å²) in [7, 11) is 2.14. The lowest BCUT2D eigenvalue weighted by Crippen LogP contribution is -2.14. The van der Waals surface area contributed by atoms with Crippen molar-refractivity contribution in [2.45, 2.75) is 18.9 Å². The van der Waals surface area contributed by atoms with Gasteiger partial charge in [0.15, 0.2) is 0 Å². The summed E-state index contributed by atoms with van der Waals surface area (Å²) < 4.78 is 0. The number of rotatable bonds is 2. The van der Waals surface area contributed by atoms with Crippen molar-refractivity contribution in [2.75, 3.05) is 20.1 Å². The Hall–Kier alpha value is -1.00. The minimum atomic E-state index is 0.427. The molecule has 2 rings (SSSR count). The zero-order chi connectivity index (χ0) is 9.97. The Morgan fingerprint density at radius 2 is 2.50 bits per heavy atom. The summed E-state index contributed by atoms with van der Waals surface area (Å²) in [4.78, 5) is 10.9. The normalized spacial score (nSPS) is 22.9. The average Bonchev–Trinajstić information content (AvgIpc) is 2.65. The summed E-state index contributed by atoms with van der Waals surface area (Å²) >= 11 is 0. The van der Waals surface area contributed by atoms with Crippen molar-refractivity contribution in [3.63, 3.8) is 0 Å². The van der Waals surface area contributed by atoms with Gasteiger partial charge in [-0.2, -0.15) is 0 Å². The van der Waals surface area contributed by atoms with Gasteiger partial charge in [-0.1, -0.05) is 0 Å². The van der Waals surface area contributed by atoms with Crippen LogP contribution in [0.15, 0.2) is 12.3 Å².